The molecule has 3 aromatic rings. The molecule has 0 aliphatic heterocycles. The summed E-state index contributed by atoms with van der Waals surface area (Å²) < 4.78 is 21.3. The van der Waals surface area contributed by atoms with Crippen molar-refractivity contribution in [1.82, 2.24) is 4.57 Å². The van der Waals surface area contributed by atoms with E-state index in [1.807, 2.05) is 24.3 Å². The monoisotopic (exact) mass is 415 g/mol. The van der Waals surface area contributed by atoms with Crippen LogP contribution < -0.4 is 0 Å². The zero-order chi connectivity index (χ0) is 20.7. The van der Waals surface area contributed by atoms with Gasteiger partial charge in [0.1, 0.15) is 5.82 Å². The highest BCUT2D eigenvalue weighted by Gasteiger charge is 2.33. The molecule has 0 unspecified atom stereocenters. The molecule has 0 radical (unpaired) electrons. The van der Waals surface area contributed by atoms with Crippen molar-refractivity contribution in [3.8, 4) is 0 Å². The molecule has 1 heterocycles. The van der Waals surface area contributed by atoms with Crippen LogP contribution in [0.3, 0.4) is 0 Å². The van der Waals surface area contributed by atoms with E-state index in [1.165, 1.54) is 26.2 Å². The smallest absolute Gasteiger partial charge is 0.306 e. The summed E-state index contributed by atoms with van der Waals surface area (Å²) in [4.78, 5) is 24.3. The number of esters is 1. The summed E-state index contributed by atoms with van der Waals surface area (Å²) in [6.45, 7) is 1.96. The molecule has 6 heteroatoms. The third-order valence-corrected chi connectivity index (χ3v) is 5.93. The molecule has 1 aliphatic rings. The molecule has 150 valence electrons. The minimum absolute atomic E-state index is 0.0278. The predicted molar refractivity (Wildman–Crippen MR) is 110 cm³/mol. The number of carbonyl (C=O) groups excluding carboxylic acids is 2. The number of aromatic nitrogens is 1. The third-order valence-electron chi connectivity index (χ3n) is 5.67. The molecule has 0 saturated carbocycles. The fourth-order valence-electron chi connectivity index (χ4n) is 4.41. The first-order valence-electron chi connectivity index (χ1n) is 9.55. The highest BCUT2D eigenvalue weighted by molar-refractivity contribution is 6.30. The summed E-state index contributed by atoms with van der Waals surface area (Å²) >= 11 is 6.02. The number of nitrogens with zero attached hydrogens (tertiary/aromatic N) is 1. The van der Waals surface area contributed by atoms with Crippen molar-refractivity contribution in [2.24, 2.45) is 0 Å². The molecule has 2 aromatic carbocycles. The number of aryl methyl sites for hydroxylation is 1. The number of fused-ring (bicyclic) bond motifs is 3. The highest BCUT2D eigenvalue weighted by atomic mass is 35.5. The molecule has 1 aromatic heterocycles. The normalized spacial score (nSPS) is 15.5. The van der Waals surface area contributed by atoms with Crippen LogP contribution >= 0.6 is 11.6 Å². The van der Waals surface area contributed by atoms with Gasteiger partial charge in [0.05, 0.1) is 19.0 Å². The van der Waals surface area contributed by atoms with Crippen molar-refractivity contribution in [2.45, 2.75) is 38.6 Å². The molecular formula is C23H21ClFNO3. The van der Waals surface area contributed by atoms with Gasteiger partial charge in [-0.05, 0) is 55.2 Å². The van der Waals surface area contributed by atoms with Crippen molar-refractivity contribution in [3.05, 3.63) is 69.6 Å². The third kappa shape index (κ3) is 3.55. The Morgan fingerprint density at radius 2 is 2.03 bits per heavy atom. The minimum Gasteiger partial charge on any atom is -0.469 e. The maximum atomic E-state index is 14.3. The Bertz CT molecular complexity index is 1120. The van der Waals surface area contributed by atoms with Crippen molar-refractivity contribution < 1.29 is 18.7 Å². The number of ether oxygens (including phenoxy) is 1. The molecule has 1 aliphatic carbocycles. The Kier molecular flexibility index (Phi) is 5.17. The SMILES string of the molecule is CO[14C](=O)C[C@H]1CCc2c1n(Cc1ccc(Cl)cc1)c1c(C(C)=O)cc(F)cc21. The first kappa shape index (κ1) is 19.6. The number of hydrogen-bond acceptors (Lipinski definition) is 3. The number of Topliss-reactive ketones (excluding diaryl/α,β-unsaturated/α-hetero) is 1. The fourth-order valence-corrected chi connectivity index (χ4v) is 4.54. The number of benzene rings is 2. The maximum absolute atomic E-state index is 14.3. The molecule has 0 N–H and O–H groups in total. The van der Waals surface area contributed by atoms with Crippen LogP contribution in [0.5, 0.6) is 0 Å². The van der Waals surface area contributed by atoms with E-state index in [0.717, 1.165) is 40.6 Å². The summed E-state index contributed by atoms with van der Waals surface area (Å²) in [5.74, 6) is -0.915. The topological polar surface area (TPSA) is 48.3 Å². The van der Waals surface area contributed by atoms with Crippen LogP contribution in [0.1, 0.15) is 52.9 Å². The summed E-state index contributed by atoms with van der Waals surface area (Å²) in [5, 5.41) is 1.40. The van der Waals surface area contributed by atoms with Gasteiger partial charge in [-0.25, -0.2) is 4.39 Å². The maximum Gasteiger partial charge on any atom is 0.306 e. The Hall–Kier alpha value is -2.66. The van der Waals surface area contributed by atoms with Gasteiger partial charge in [-0.1, -0.05) is 23.7 Å². The van der Waals surface area contributed by atoms with Gasteiger partial charge in [-0.15, -0.1) is 0 Å². The van der Waals surface area contributed by atoms with Crippen LogP contribution in [-0.4, -0.2) is 23.4 Å². The molecular weight excluding hydrogens is 395 g/mol. The van der Waals surface area contributed by atoms with Crippen LogP contribution in [0, 0.1) is 5.82 Å². The fraction of sp³-hybridized carbons (Fsp3) is 0.304. The number of carbonyl (C=O) groups is 2. The molecule has 0 fully saturated rings. The number of methoxy groups -OCH3 is 1. The second-order valence-electron chi connectivity index (χ2n) is 7.50. The van der Waals surface area contributed by atoms with Crippen molar-refractivity contribution in [1.29, 1.82) is 0 Å². The van der Waals surface area contributed by atoms with E-state index < -0.39 is 5.82 Å². The largest absolute Gasteiger partial charge is 0.469 e. The zero-order valence-corrected chi connectivity index (χ0v) is 17.1. The summed E-state index contributed by atoms with van der Waals surface area (Å²) in [7, 11) is 1.38. The zero-order valence-electron chi connectivity index (χ0n) is 16.3. The van der Waals surface area contributed by atoms with Gasteiger partial charge < -0.3 is 9.30 Å². The second kappa shape index (κ2) is 7.64. The van der Waals surface area contributed by atoms with Gasteiger partial charge in [-0.2, -0.15) is 0 Å². The summed E-state index contributed by atoms with van der Waals surface area (Å²) in [6, 6.07) is 10.3. The molecule has 4 rings (SSSR count). The Morgan fingerprint density at radius 1 is 1.31 bits per heavy atom. The van der Waals surface area contributed by atoms with E-state index >= 15 is 0 Å². The van der Waals surface area contributed by atoms with E-state index in [2.05, 4.69) is 4.57 Å². The number of halogens is 2. The Balaban J connectivity index is 1.94. The quantitative estimate of drug-likeness (QED) is 0.421. The summed E-state index contributed by atoms with van der Waals surface area (Å²) in [6.07, 6.45) is 1.79. The lowest BCUT2D eigenvalue weighted by atomic mass is 10.0. The van der Waals surface area contributed by atoms with E-state index in [9.17, 15) is 14.0 Å². The van der Waals surface area contributed by atoms with Crippen LogP contribution in [0.15, 0.2) is 36.4 Å². The average Bonchev–Trinajstić information content (AvgIpc) is 3.22. The van der Waals surface area contributed by atoms with Gasteiger partial charge in [0, 0.05) is 34.1 Å². The lowest BCUT2D eigenvalue weighted by Crippen LogP contribution is -2.13. The molecule has 0 amide bonds. The Labute approximate surface area is 173 Å². The lowest BCUT2D eigenvalue weighted by Gasteiger charge is -2.17. The second-order valence-corrected chi connectivity index (χ2v) is 7.93. The van der Waals surface area contributed by atoms with E-state index in [-0.39, 0.29) is 24.1 Å². The van der Waals surface area contributed by atoms with Crippen molar-refractivity contribution in [2.75, 3.05) is 7.11 Å². The molecule has 4 nitrogen and oxygen atoms in total. The first-order valence-corrected chi connectivity index (χ1v) is 9.93. The van der Waals surface area contributed by atoms with Crippen LogP contribution in [0.2, 0.25) is 5.02 Å². The molecule has 29 heavy (non-hydrogen) atoms. The van der Waals surface area contributed by atoms with Crippen LogP contribution in [-0.2, 0) is 22.5 Å². The van der Waals surface area contributed by atoms with Crippen LogP contribution in [0.25, 0.3) is 10.9 Å². The van der Waals surface area contributed by atoms with E-state index in [4.69, 9.17) is 16.3 Å². The van der Waals surface area contributed by atoms with Crippen molar-refractivity contribution >= 4 is 34.3 Å². The average molecular weight is 416 g/mol. The minimum atomic E-state index is -0.425. The molecule has 0 spiro atoms. The lowest BCUT2D eigenvalue weighted by molar-refractivity contribution is -0.141. The van der Waals surface area contributed by atoms with E-state index in [1.54, 1.807) is 0 Å². The summed E-state index contributed by atoms with van der Waals surface area (Å²) in [5.41, 5.74) is 4.11. The van der Waals surface area contributed by atoms with Gasteiger partial charge in [-0.3, -0.25) is 9.59 Å². The van der Waals surface area contributed by atoms with Gasteiger partial charge in [0.2, 0.25) is 0 Å². The Morgan fingerprint density at radius 3 is 2.69 bits per heavy atom. The van der Waals surface area contributed by atoms with Crippen LogP contribution in [0.4, 0.5) is 4.39 Å². The van der Waals surface area contributed by atoms with Gasteiger partial charge >= 0.3 is 5.97 Å². The van der Waals surface area contributed by atoms with Gasteiger partial charge in [0.15, 0.2) is 5.78 Å². The number of hydrogen-bond donors (Lipinski definition) is 0. The number of rotatable bonds is 5. The molecule has 0 saturated heterocycles. The molecule has 1 atom stereocenters. The first-order chi connectivity index (χ1) is 13.9. The highest BCUT2D eigenvalue weighted by Crippen LogP contribution is 2.43. The van der Waals surface area contributed by atoms with Gasteiger partial charge in [0.25, 0.3) is 0 Å². The predicted octanol–water partition coefficient (Wildman–Crippen LogP) is 5.28. The molecule has 0 bridgehead atoms. The number of ketones is 1. The van der Waals surface area contributed by atoms with Crippen molar-refractivity contribution in [3.63, 3.8) is 0 Å². The standard InChI is InChI=1S/C23H21ClFNO3/c1-13(27)19-10-17(25)11-20-18-8-5-15(9-21(28)29-2)22(18)26(23(19)20)12-14-3-6-16(24)7-4-14/h3-4,6-7,10-11,15H,5,8-9,12H2,1-2H3/t15-/m1/s1/i21+2. The van der Waals surface area contributed by atoms with E-state index in [0.29, 0.717) is 17.1 Å².